The van der Waals surface area contributed by atoms with Gasteiger partial charge in [0.25, 0.3) is 0 Å². The number of benzene rings is 2. The number of hydrogen-bond acceptors (Lipinski definition) is 8. The van der Waals surface area contributed by atoms with E-state index in [1.54, 1.807) is 33.5 Å². The minimum Gasteiger partial charge on any atom is -0.493 e. The average Bonchev–Trinajstić information content (AvgIpc) is 3.10. The maximum atomic E-state index is 5.33. The first-order chi connectivity index (χ1) is 13.7. The quantitative estimate of drug-likeness (QED) is 0.392. The van der Waals surface area contributed by atoms with Crippen molar-refractivity contribution < 1.29 is 14.2 Å². The lowest BCUT2D eigenvalue weighted by Gasteiger charge is -2.13. The molecule has 0 unspecified atom stereocenters. The molecular weight excluding hydrogens is 360 g/mol. The number of nitrogens with one attached hydrogen (secondary N) is 2. The predicted octanol–water partition coefficient (Wildman–Crippen LogP) is 2.98. The second kappa shape index (κ2) is 7.39. The number of fused-ring (bicyclic) bond motifs is 3. The topological polar surface area (TPSA) is 107 Å². The summed E-state index contributed by atoms with van der Waals surface area (Å²) in [7, 11) is 4.66. The van der Waals surface area contributed by atoms with Gasteiger partial charge in [0.1, 0.15) is 5.52 Å². The average molecular weight is 378 g/mol. The van der Waals surface area contributed by atoms with Crippen LogP contribution in [0.2, 0.25) is 0 Å². The molecule has 9 nitrogen and oxygen atoms in total. The Bertz CT molecular complexity index is 1150. The number of hydrazone groups is 1. The summed E-state index contributed by atoms with van der Waals surface area (Å²) in [4.78, 5) is 7.68. The molecule has 0 radical (unpaired) electrons. The fourth-order valence-corrected chi connectivity index (χ4v) is 2.90. The van der Waals surface area contributed by atoms with Gasteiger partial charge in [-0.3, -0.25) is 5.43 Å². The van der Waals surface area contributed by atoms with Gasteiger partial charge in [0, 0.05) is 23.0 Å². The van der Waals surface area contributed by atoms with E-state index in [0.717, 1.165) is 16.4 Å². The molecule has 2 N–H and O–H groups in total. The summed E-state index contributed by atoms with van der Waals surface area (Å²) in [6.45, 7) is 0. The number of hydrogen-bond donors (Lipinski definition) is 2. The van der Waals surface area contributed by atoms with Crippen molar-refractivity contribution in [2.24, 2.45) is 5.10 Å². The Kier molecular flexibility index (Phi) is 4.63. The number of nitrogens with zero attached hydrogens (tertiary/aromatic N) is 4. The highest BCUT2D eigenvalue weighted by Gasteiger charge is 2.13. The number of H-pyrrole nitrogens is 1. The van der Waals surface area contributed by atoms with Crippen molar-refractivity contribution in [3.63, 3.8) is 0 Å². The molecule has 0 saturated heterocycles. The van der Waals surface area contributed by atoms with E-state index in [1.807, 2.05) is 24.3 Å². The zero-order valence-electron chi connectivity index (χ0n) is 15.6. The van der Waals surface area contributed by atoms with Gasteiger partial charge < -0.3 is 19.2 Å². The minimum atomic E-state index is 0.374. The van der Waals surface area contributed by atoms with Crippen molar-refractivity contribution in [1.29, 1.82) is 0 Å². The molecule has 28 heavy (non-hydrogen) atoms. The molecule has 2 aromatic carbocycles. The van der Waals surface area contributed by atoms with Crippen LogP contribution in [0.15, 0.2) is 41.5 Å². The van der Waals surface area contributed by atoms with Crippen molar-refractivity contribution >= 4 is 34.0 Å². The summed E-state index contributed by atoms with van der Waals surface area (Å²) in [5.74, 6) is 1.93. The third-order valence-electron chi connectivity index (χ3n) is 4.18. The van der Waals surface area contributed by atoms with Gasteiger partial charge in [-0.15, -0.1) is 10.2 Å². The van der Waals surface area contributed by atoms with Crippen LogP contribution < -0.4 is 19.6 Å². The maximum absolute atomic E-state index is 5.33. The fourth-order valence-electron chi connectivity index (χ4n) is 2.90. The zero-order chi connectivity index (χ0) is 19.5. The summed E-state index contributed by atoms with van der Waals surface area (Å²) in [6, 6.07) is 11.4. The molecule has 4 rings (SSSR count). The lowest BCUT2D eigenvalue weighted by molar-refractivity contribution is 0.324. The third kappa shape index (κ3) is 3.13. The molecule has 0 spiro atoms. The van der Waals surface area contributed by atoms with Crippen molar-refractivity contribution in [3.8, 4) is 17.2 Å². The molecule has 9 heteroatoms. The highest BCUT2D eigenvalue weighted by atomic mass is 16.5. The first kappa shape index (κ1) is 17.5. The molecular formula is C19H18N6O3. The lowest BCUT2D eigenvalue weighted by Crippen LogP contribution is -2.00. The van der Waals surface area contributed by atoms with E-state index >= 15 is 0 Å². The number of aromatic nitrogens is 4. The second-order valence-corrected chi connectivity index (χ2v) is 5.82. The van der Waals surface area contributed by atoms with E-state index in [9.17, 15) is 0 Å². The normalized spacial score (nSPS) is 11.2. The second-order valence-electron chi connectivity index (χ2n) is 5.82. The Morgan fingerprint density at radius 3 is 2.46 bits per heavy atom. The molecule has 0 aliphatic carbocycles. The molecule has 0 fully saturated rings. The molecule has 0 aliphatic heterocycles. The predicted molar refractivity (Wildman–Crippen MR) is 107 cm³/mol. The Hall–Kier alpha value is -3.88. The molecule has 0 aliphatic rings. The first-order valence-corrected chi connectivity index (χ1v) is 8.43. The summed E-state index contributed by atoms with van der Waals surface area (Å²) < 4.78 is 16.0. The Morgan fingerprint density at radius 1 is 1.00 bits per heavy atom. The van der Waals surface area contributed by atoms with E-state index in [4.69, 9.17) is 14.2 Å². The van der Waals surface area contributed by atoms with Gasteiger partial charge in [-0.05, 0) is 6.07 Å². The molecule has 4 aromatic rings. The van der Waals surface area contributed by atoms with Crippen molar-refractivity contribution in [3.05, 3.63) is 42.2 Å². The van der Waals surface area contributed by atoms with Crippen LogP contribution in [0.25, 0.3) is 22.1 Å². The Balaban J connectivity index is 1.58. The van der Waals surface area contributed by atoms with Gasteiger partial charge in [0.2, 0.25) is 5.75 Å². The minimum absolute atomic E-state index is 0.374. The van der Waals surface area contributed by atoms with Crippen LogP contribution in [0.1, 0.15) is 5.82 Å². The monoisotopic (exact) mass is 378 g/mol. The van der Waals surface area contributed by atoms with Gasteiger partial charge in [-0.2, -0.15) is 5.10 Å². The van der Waals surface area contributed by atoms with Crippen LogP contribution in [0, 0.1) is 0 Å². The third-order valence-corrected chi connectivity index (χ3v) is 4.18. The van der Waals surface area contributed by atoms with Gasteiger partial charge in [-0.1, -0.05) is 18.2 Å². The van der Waals surface area contributed by atoms with Crippen LogP contribution in [-0.2, 0) is 0 Å². The number of aromatic amines is 1. The Labute approximate surface area is 160 Å². The van der Waals surface area contributed by atoms with Gasteiger partial charge in [0.15, 0.2) is 23.0 Å². The molecule has 2 heterocycles. The van der Waals surface area contributed by atoms with Gasteiger partial charge >= 0.3 is 0 Å². The van der Waals surface area contributed by atoms with Gasteiger partial charge in [-0.25, -0.2) is 4.98 Å². The van der Waals surface area contributed by atoms with Crippen LogP contribution in [0.5, 0.6) is 17.2 Å². The first-order valence-electron chi connectivity index (χ1n) is 8.43. The van der Waals surface area contributed by atoms with Crippen LogP contribution in [-0.4, -0.2) is 47.7 Å². The van der Waals surface area contributed by atoms with Crippen LogP contribution in [0.3, 0.4) is 0 Å². The lowest BCUT2D eigenvalue weighted by atomic mass is 10.2. The van der Waals surface area contributed by atoms with E-state index in [0.29, 0.717) is 34.4 Å². The summed E-state index contributed by atoms with van der Waals surface area (Å²) in [6.07, 6.45) is 1.49. The van der Waals surface area contributed by atoms with E-state index in [-0.39, 0.29) is 0 Å². The number of para-hydroxylation sites is 1. The highest BCUT2D eigenvalue weighted by Crippen LogP contribution is 2.39. The van der Waals surface area contributed by atoms with E-state index in [2.05, 4.69) is 30.7 Å². The summed E-state index contributed by atoms with van der Waals surface area (Å²) in [5, 5.41) is 13.5. The SMILES string of the molecule is COc1cc(N/N=C\c2nnc3c(n2)[nH]c2ccccc23)cc(OC)c1OC. The summed E-state index contributed by atoms with van der Waals surface area (Å²) in [5.41, 5.74) is 5.91. The number of methoxy groups -OCH3 is 3. The molecule has 2 aromatic heterocycles. The smallest absolute Gasteiger partial charge is 0.203 e. The maximum Gasteiger partial charge on any atom is 0.203 e. The fraction of sp³-hybridized carbons (Fsp3) is 0.158. The Morgan fingerprint density at radius 2 is 1.75 bits per heavy atom. The molecule has 0 saturated carbocycles. The van der Waals surface area contributed by atoms with Crippen molar-refractivity contribution in [2.75, 3.05) is 26.8 Å². The van der Waals surface area contributed by atoms with Gasteiger partial charge in [0.05, 0.1) is 33.2 Å². The zero-order valence-corrected chi connectivity index (χ0v) is 15.6. The molecule has 0 atom stereocenters. The number of ether oxygens (including phenoxy) is 3. The highest BCUT2D eigenvalue weighted by molar-refractivity contribution is 6.03. The molecule has 0 bridgehead atoms. The van der Waals surface area contributed by atoms with Crippen LogP contribution in [0.4, 0.5) is 5.69 Å². The van der Waals surface area contributed by atoms with E-state index < -0.39 is 0 Å². The molecule has 142 valence electrons. The van der Waals surface area contributed by atoms with Crippen molar-refractivity contribution in [2.45, 2.75) is 0 Å². The van der Waals surface area contributed by atoms with Crippen LogP contribution >= 0.6 is 0 Å². The number of rotatable bonds is 6. The largest absolute Gasteiger partial charge is 0.493 e. The summed E-state index contributed by atoms with van der Waals surface area (Å²) >= 11 is 0. The van der Waals surface area contributed by atoms with E-state index in [1.165, 1.54) is 6.21 Å². The molecule has 0 amide bonds. The standard InChI is InChI=1S/C19H18N6O3/c1-26-14-8-11(9-15(27-2)18(14)28-3)23-20-10-16-22-19-17(25-24-16)12-6-4-5-7-13(12)21-19/h4-10,23H,1-3H3,(H,21,22,24)/b20-10-. The number of anilines is 1. The van der Waals surface area contributed by atoms with Crippen molar-refractivity contribution in [1.82, 2.24) is 20.2 Å².